The van der Waals surface area contributed by atoms with Gasteiger partial charge in [-0.25, -0.2) is 0 Å². The third kappa shape index (κ3) is 5.36. The second-order valence-corrected chi connectivity index (χ2v) is 4.11. The molecular weight excluding hydrogens is 246 g/mol. The lowest BCUT2D eigenvalue weighted by Gasteiger charge is -2.05. The average Bonchev–Trinajstić information content (AvgIpc) is 2.25. The summed E-state index contributed by atoms with van der Waals surface area (Å²) in [7, 11) is 0. The summed E-state index contributed by atoms with van der Waals surface area (Å²) < 4.78 is 28.5. The molecular formula is C12H10F2O2S. The van der Waals surface area contributed by atoms with Crippen LogP contribution in [0.1, 0.15) is 12.5 Å². The van der Waals surface area contributed by atoms with Gasteiger partial charge in [0.05, 0.1) is 11.3 Å². The Hall–Kier alpha value is -1.54. The van der Waals surface area contributed by atoms with Crippen LogP contribution < -0.4 is 4.74 Å². The van der Waals surface area contributed by atoms with E-state index in [2.05, 4.69) is 16.6 Å². The standard InChI is InChI=1S/C12H10F2O2S/c1-9(15)17-8-4-6-10-5-2-3-7-11(10)16-12(13)14/h2-3,5,7,12H,8H2,1H3. The Morgan fingerprint density at radius 1 is 1.47 bits per heavy atom. The van der Waals surface area contributed by atoms with Crippen molar-refractivity contribution in [1.29, 1.82) is 0 Å². The summed E-state index contributed by atoms with van der Waals surface area (Å²) in [5.74, 6) is 5.78. The molecule has 90 valence electrons. The van der Waals surface area contributed by atoms with E-state index >= 15 is 0 Å². The molecule has 0 radical (unpaired) electrons. The quantitative estimate of drug-likeness (QED) is 0.778. The molecule has 1 aromatic rings. The van der Waals surface area contributed by atoms with E-state index in [4.69, 9.17) is 0 Å². The summed E-state index contributed by atoms with van der Waals surface area (Å²) in [6.07, 6.45) is 0. The van der Waals surface area contributed by atoms with E-state index in [0.29, 0.717) is 11.3 Å². The molecule has 0 unspecified atom stereocenters. The number of para-hydroxylation sites is 1. The maximum atomic E-state index is 12.1. The van der Waals surface area contributed by atoms with Gasteiger partial charge in [-0.2, -0.15) is 8.78 Å². The van der Waals surface area contributed by atoms with Gasteiger partial charge in [0.1, 0.15) is 5.75 Å². The zero-order chi connectivity index (χ0) is 12.7. The first kappa shape index (κ1) is 13.5. The lowest BCUT2D eigenvalue weighted by Crippen LogP contribution is -2.03. The van der Waals surface area contributed by atoms with Crippen LogP contribution in [0.2, 0.25) is 0 Å². The molecule has 1 rings (SSSR count). The van der Waals surface area contributed by atoms with Crippen LogP contribution in [0.25, 0.3) is 0 Å². The number of hydrogen-bond donors (Lipinski definition) is 0. The van der Waals surface area contributed by atoms with Gasteiger partial charge in [-0.3, -0.25) is 4.79 Å². The van der Waals surface area contributed by atoms with Crippen LogP contribution >= 0.6 is 11.8 Å². The van der Waals surface area contributed by atoms with Crippen LogP contribution in [0.3, 0.4) is 0 Å². The van der Waals surface area contributed by atoms with Crippen LogP contribution in [-0.2, 0) is 4.79 Å². The van der Waals surface area contributed by atoms with Crippen LogP contribution in [0.15, 0.2) is 24.3 Å². The van der Waals surface area contributed by atoms with E-state index in [9.17, 15) is 13.6 Å². The van der Waals surface area contributed by atoms with E-state index < -0.39 is 6.61 Å². The zero-order valence-corrected chi connectivity index (χ0v) is 9.89. The number of benzene rings is 1. The molecule has 0 spiro atoms. The minimum atomic E-state index is -2.87. The minimum Gasteiger partial charge on any atom is -0.434 e. The van der Waals surface area contributed by atoms with Crippen LogP contribution in [0, 0.1) is 11.8 Å². The summed E-state index contributed by atoms with van der Waals surface area (Å²) in [6.45, 7) is -1.43. The Morgan fingerprint density at radius 2 is 2.18 bits per heavy atom. The van der Waals surface area contributed by atoms with Gasteiger partial charge in [-0.1, -0.05) is 35.7 Å². The average molecular weight is 256 g/mol. The van der Waals surface area contributed by atoms with Gasteiger partial charge in [0.2, 0.25) is 0 Å². The van der Waals surface area contributed by atoms with Crippen molar-refractivity contribution in [3.8, 4) is 17.6 Å². The van der Waals surface area contributed by atoms with Gasteiger partial charge in [0, 0.05) is 6.92 Å². The summed E-state index contributed by atoms with van der Waals surface area (Å²) in [6, 6.07) is 6.28. The monoisotopic (exact) mass is 256 g/mol. The number of thioether (sulfide) groups is 1. The van der Waals surface area contributed by atoms with Gasteiger partial charge in [0.25, 0.3) is 0 Å². The maximum Gasteiger partial charge on any atom is 0.387 e. The van der Waals surface area contributed by atoms with Gasteiger partial charge < -0.3 is 4.74 Å². The van der Waals surface area contributed by atoms with E-state index in [1.165, 1.54) is 13.0 Å². The molecule has 0 fully saturated rings. The Balaban J connectivity index is 2.72. The summed E-state index contributed by atoms with van der Waals surface area (Å²) in [5, 5.41) is -0.0311. The normalized spacial score (nSPS) is 9.65. The summed E-state index contributed by atoms with van der Waals surface area (Å²) >= 11 is 1.07. The first-order chi connectivity index (χ1) is 8.09. The topological polar surface area (TPSA) is 26.3 Å². The molecule has 0 amide bonds. The highest BCUT2D eigenvalue weighted by Crippen LogP contribution is 2.18. The number of ether oxygens (including phenoxy) is 1. The fourth-order valence-electron chi connectivity index (χ4n) is 1.04. The molecule has 0 N–H and O–H groups in total. The molecule has 0 aliphatic rings. The van der Waals surface area contributed by atoms with Gasteiger partial charge in [0.15, 0.2) is 5.12 Å². The first-order valence-electron chi connectivity index (χ1n) is 4.75. The molecule has 2 nitrogen and oxygen atoms in total. The van der Waals surface area contributed by atoms with Crippen molar-refractivity contribution >= 4 is 16.9 Å². The fraction of sp³-hybridized carbons (Fsp3) is 0.250. The molecule has 0 aliphatic heterocycles. The molecule has 17 heavy (non-hydrogen) atoms. The largest absolute Gasteiger partial charge is 0.434 e. The highest BCUT2D eigenvalue weighted by Gasteiger charge is 2.06. The predicted octanol–water partition coefficient (Wildman–Crippen LogP) is 2.92. The Morgan fingerprint density at radius 3 is 2.82 bits per heavy atom. The molecule has 0 atom stereocenters. The molecule has 5 heteroatoms. The fourth-order valence-corrected chi connectivity index (χ4v) is 1.39. The Bertz CT molecular complexity index is 449. The van der Waals surface area contributed by atoms with Crippen molar-refractivity contribution in [2.45, 2.75) is 13.5 Å². The van der Waals surface area contributed by atoms with Crippen LogP contribution in [0.4, 0.5) is 8.78 Å². The smallest absolute Gasteiger partial charge is 0.387 e. The second-order valence-electron chi connectivity index (χ2n) is 2.96. The number of rotatable bonds is 3. The van der Waals surface area contributed by atoms with Crippen LogP contribution in [-0.4, -0.2) is 17.5 Å². The lowest BCUT2D eigenvalue weighted by molar-refractivity contribution is -0.109. The Labute approximate surface area is 102 Å². The molecule has 0 aliphatic carbocycles. The summed E-state index contributed by atoms with van der Waals surface area (Å²) in [4.78, 5) is 10.6. The first-order valence-corrected chi connectivity index (χ1v) is 5.74. The van der Waals surface area contributed by atoms with Gasteiger partial charge >= 0.3 is 6.61 Å². The number of hydrogen-bond acceptors (Lipinski definition) is 3. The molecule has 0 bridgehead atoms. The minimum absolute atomic E-state index is 0.0311. The van der Waals surface area contributed by atoms with Crippen molar-refractivity contribution in [2.24, 2.45) is 0 Å². The number of alkyl halides is 2. The zero-order valence-electron chi connectivity index (χ0n) is 9.07. The van der Waals surface area contributed by atoms with Crippen molar-refractivity contribution in [3.63, 3.8) is 0 Å². The molecule has 0 saturated heterocycles. The van der Waals surface area contributed by atoms with E-state index in [0.717, 1.165) is 11.8 Å². The van der Waals surface area contributed by atoms with Crippen molar-refractivity contribution in [2.75, 3.05) is 5.75 Å². The molecule has 0 saturated carbocycles. The number of carbonyl (C=O) groups is 1. The highest BCUT2D eigenvalue weighted by atomic mass is 32.2. The predicted molar refractivity (Wildman–Crippen MR) is 63.1 cm³/mol. The van der Waals surface area contributed by atoms with Crippen molar-refractivity contribution in [1.82, 2.24) is 0 Å². The lowest BCUT2D eigenvalue weighted by atomic mass is 10.2. The second kappa shape index (κ2) is 6.92. The van der Waals surface area contributed by atoms with Gasteiger partial charge in [-0.15, -0.1) is 0 Å². The molecule has 0 heterocycles. The number of carbonyl (C=O) groups excluding carboxylic acids is 1. The Kier molecular flexibility index (Phi) is 5.50. The van der Waals surface area contributed by atoms with Crippen LogP contribution in [0.5, 0.6) is 5.75 Å². The van der Waals surface area contributed by atoms with E-state index in [-0.39, 0.29) is 10.9 Å². The third-order valence-corrected chi connectivity index (χ3v) is 2.37. The molecule has 1 aromatic carbocycles. The third-order valence-electron chi connectivity index (χ3n) is 1.67. The van der Waals surface area contributed by atoms with Crippen molar-refractivity contribution < 1.29 is 18.3 Å². The van der Waals surface area contributed by atoms with Gasteiger partial charge in [-0.05, 0) is 12.1 Å². The summed E-state index contributed by atoms with van der Waals surface area (Å²) in [5.41, 5.74) is 0.386. The number of halogens is 2. The van der Waals surface area contributed by atoms with Crippen molar-refractivity contribution in [3.05, 3.63) is 29.8 Å². The molecule has 0 aromatic heterocycles. The van der Waals surface area contributed by atoms with E-state index in [1.807, 2.05) is 0 Å². The maximum absolute atomic E-state index is 12.1. The SMILES string of the molecule is CC(=O)SCC#Cc1ccccc1OC(F)F. The highest BCUT2D eigenvalue weighted by molar-refractivity contribution is 8.13. The van der Waals surface area contributed by atoms with E-state index in [1.54, 1.807) is 18.2 Å².